The summed E-state index contributed by atoms with van der Waals surface area (Å²) in [5.74, 6) is 0.361. The normalized spacial score (nSPS) is 13.7. The SMILES string of the molecule is Cc1cc(NC(=O)N2CCCNc3ccc(-c4cccc(C(F)(F)F)c4)nc32)cc(Br)n1. The largest absolute Gasteiger partial charge is 0.416 e. The molecule has 166 valence electrons. The fraction of sp³-hybridized carbons (Fsp3) is 0.227. The standard InChI is InChI=1S/C22H19BrF3N5O/c1-13-10-16(12-19(23)28-13)29-21(32)31-9-3-8-27-18-7-6-17(30-20(18)31)14-4-2-5-15(11-14)22(24,25)26/h2,4-7,10-12,27H,3,8-9H2,1H3,(H,28,29,32). The summed E-state index contributed by atoms with van der Waals surface area (Å²) in [5, 5.41) is 6.08. The number of rotatable bonds is 2. The fourth-order valence-electron chi connectivity index (χ4n) is 3.46. The van der Waals surface area contributed by atoms with Crippen LogP contribution in [0.3, 0.4) is 0 Å². The van der Waals surface area contributed by atoms with Crippen LogP contribution >= 0.6 is 15.9 Å². The molecule has 32 heavy (non-hydrogen) atoms. The van der Waals surface area contributed by atoms with Crippen LogP contribution in [0.1, 0.15) is 17.7 Å². The van der Waals surface area contributed by atoms with Gasteiger partial charge in [-0.25, -0.2) is 14.8 Å². The molecule has 4 rings (SSSR count). The molecule has 0 spiro atoms. The van der Waals surface area contributed by atoms with Gasteiger partial charge < -0.3 is 10.6 Å². The number of amides is 2. The van der Waals surface area contributed by atoms with Gasteiger partial charge in [0.15, 0.2) is 5.82 Å². The molecule has 0 aliphatic carbocycles. The number of aromatic nitrogens is 2. The number of hydrogen-bond acceptors (Lipinski definition) is 4. The molecule has 2 N–H and O–H groups in total. The maximum atomic E-state index is 13.1. The number of halogens is 4. The molecule has 2 aromatic heterocycles. The minimum Gasteiger partial charge on any atom is -0.382 e. The van der Waals surface area contributed by atoms with Crippen molar-refractivity contribution in [2.45, 2.75) is 19.5 Å². The highest BCUT2D eigenvalue weighted by Crippen LogP contribution is 2.34. The van der Waals surface area contributed by atoms with Gasteiger partial charge in [0.05, 0.1) is 16.9 Å². The van der Waals surface area contributed by atoms with E-state index in [-0.39, 0.29) is 6.03 Å². The Morgan fingerprint density at radius 1 is 1.16 bits per heavy atom. The molecule has 3 aromatic rings. The summed E-state index contributed by atoms with van der Waals surface area (Å²) >= 11 is 3.31. The maximum absolute atomic E-state index is 13.1. The molecule has 0 saturated heterocycles. The molecule has 1 aromatic carbocycles. The number of pyridine rings is 2. The number of fused-ring (bicyclic) bond motifs is 1. The Labute approximate surface area is 191 Å². The Bertz CT molecular complexity index is 1150. The molecular weight excluding hydrogens is 487 g/mol. The van der Waals surface area contributed by atoms with Crippen LogP contribution in [0.4, 0.5) is 35.2 Å². The molecule has 0 bridgehead atoms. The number of nitrogens with one attached hydrogen (secondary N) is 2. The lowest BCUT2D eigenvalue weighted by atomic mass is 10.1. The van der Waals surface area contributed by atoms with Crippen molar-refractivity contribution in [1.82, 2.24) is 9.97 Å². The molecule has 2 amide bonds. The third-order valence-electron chi connectivity index (χ3n) is 4.91. The zero-order chi connectivity index (χ0) is 22.9. The van der Waals surface area contributed by atoms with E-state index in [0.717, 1.165) is 17.8 Å². The van der Waals surface area contributed by atoms with Crippen LogP contribution in [0.5, 0.6) is 0 Å². The average Bonchev–Trinajstić information content (AvgIpc) is 2.94. The Morgan fingerprint density at radius 3 is 2.72 bits per heavy atom. The number of benzene rings is 1. The first-order valence-corrected chi connectivity index (χ1v) is 10.7. The molecule has 1 aliphatic rings. The van der Waals surface area contributed by atoms with Crippen molar-refractivity contribution < 1.29 is 18.0 Å². The number of carbonyl (C=O) groups is 1. The molecule has 0 atom stereocenters. The van der Waals surface area contributed by atoms with E-state index in [2.05, 4.69) is 36.5 Å². The number of carbonyl (C=O) groups excluding carboxylic acids is 1. The topological polar surface area (TPSA) is 70.2 Å². The predicted molar refractivity (Wildman–Crippen MR) is 121 cm³/mol. The lowest BCUT2D eigenvalue weighted by Gasteiger charge is -2.22. The monoisotopic (exact) mass is 505 g/mol. The second-order valence-electron chi connectivity index (χ2n) is 7.33. The molecule has 0 saturated carbocycles. The molecule has 0 unspecified atom stereocenters. The minimum absolute atomic E-state index is 0.320. The van der Waals surface area contributed by atoms with Crippen molar-refractivity contribution in [2.75, 3.05) is 28.6 Å². The lowest BCUT2D eigenvalue weighted by Crippen LogP contribution is -2.36. The zero-order valence-electron chi connectivity index (χ0n) is 17.0. The second-order valence-corrected chi connectivity index (χ2v) is 8.14. The van der Waals surface area contributed by atoms with Crippen LogP contribution in [0.2, 0.25) is 0 Å². The number of aryl methyl sites for hydroxylation is 1. The first kappa shape index (κ1) is 22.1. The van der Waals surface area contributed by atoms with Crippen molar-refractivity contribution >= 4 is 39.2 Å². The predicted octanol–water partition coefficient (Wildman–Crippen LogP) is 6.09. The second kappa shape index (κ2) is 8.78. The third kappa shape index (κ3) is 4.85. The first-order valence-electron chi connectivity index (χ1n) is 9.86. The van der Waals surface area contributed by atoms with Crippen LogP contribution in [-0.2, 0) is 6.18 Å². The van der Waals surface area contributed by atoms with E-state index in [1.807, 2.05) is 6.92 Å². The molecule has 0 radical (unpaired) electrons. The Kier molecular flexibility index (Phi) is 6.05. The van der Waals surface area contributed by atoms with Crippen molar-refractivity contribution in [3.63, 3.8) is 0 Å². The summed E-state index contributed by atoms with van der Waals surface area (Å²) in [5.41, 5.74) is 1.86. The molecular formula is C22H19BrF3N5O. The van der Waals surface area contributed by atoms with E-state index in [1.165, 1.54) is 11.0 Å². The maximum Gasteiger partial charge on any atom is 0.416 e. The summed E-state index contributed by atoms with van der Waals surface area (Å²) in [6.45, 7) is 2.85. The summed E-state index contributed by atoms with van der Waals surface area (Å²) in [6.07, 6.45) is -3.77. The summed E-state index contributed by atoms with van der Waals surface area (Å²) < 4.78 is 40.0. The molecule has 0 fully saturated rings. The van der Waals surface area contributed by atoms with Crippen LogP contribution in [0, 0.1) is 6.92 Å². The van der Waals surface area contributed by atoms with Gasteiger partial charge >= 0.3 is 12.2 Å². The highest BCUT2D eigenvalue weighted by atomic mass is 79.9. The average molecular weight is 506 g/mol. The van der Waals surface area contributed by atoms with Gasteiger partial charge in [0.25, 0.3) is 0 Å². The Balaban J connectivity index is 1.69. The van der Waals surface area contributed by atoms with Gasteiger partial charge in [-0.2, -0.15) is 13.2 Å². The third-order valence-corrected chi connectivity index (χ3v) is 5.32. The number of anilines is 3. The molecule has 10 heteroatoms. The van der Waals surface area contributed by atoms with Gasteiger partial charge in [-0.05, 0) is 65.7 Å². The van der Waals surface area contributed by atoms with E-state index in [4.69, 9.17) is 0 Å². The molecule has 3 heterocycles. The van der Waals surface area contributed by atoms with E-state index in [0.29, 0.717) is 52.6 Å². The summed E-state index contributed by atoms with van der Waals surface area (Å²) in [7, 11) is 0. The number of alkyl halides is 3. The number of urea groups is 1. The zero-order valence-corrected chi connectivity index (χ0v) is 18.6. The Hall–Kier alpha value is -3.14. The molecule has 1 aliphatic heterocycles. The van der Waals surface area contributed by atoms with Crippen LogP contribution < -0.4 is 15.5 Å². The van der Waals surface area contributed by atoms with Crippen LogP contribution in [-0.4, -0.2) is 29.1 Å². The van der Waals surface area contributed by atoms with E-state index in [9.17, 15) is 18.0 Å². The van der Waals surface area contributed by atoms with Crippen LogP contribution in [0.25, 0.3) is 11.3 Å². The van der Waals surface area contributed by atoms with Crippen molar-refractivity contribution in [2.24, 2.45) is 0 Å². The van der Waals surface area contributed by atoms with Crippen LogP contribution in [0.15, 0.2) is 53.1 Å². The van der Waals surface area contributed by atoms with Crippen molar-refractivity contribution in [3.05, 3.63) is 64.4 Å². The van der Waals surface area contributed by atoms with Gasteiger partial charge in [0, 0.05) is 30.0 Å². The number of nitrogens with zero attached hydrogens (tertiary/aromatic N) is 3. The fourth-order valence-corrected chi connectivity index (χ4v) is 3.99. The van der Waals surface area contributed by atoms with Gasteiger partial charge in [0.2, 0.25) is 0 Å². The van der Waals surface area contributed by atoms with Gasteiger partial charge in [-0.3, -0.25) is 4.90 Å². The van der Waals surface area contributed by atoms with Crippen molar-refractivity contribution in [1.29, 1.82) is 0 Å². The highest BCUT2D eigenvalue weighted by Gasteiger charge is 2.31. The summed E-state index contributed by atoms with van der Waals surface area (Å²) in [4.78, 5) is 23.4. The van der Waals surface area contributed by atoms with Gasteiger partial charge in [-0.15, -0.1) is 0 Å². The van der Waals surface area contributed by atoms with E-state index < -0.39 is 11.7 Å². The first-order chi connectivity index (χ1) is 15.2. The van der Waals surface area contributed by atoms with E-state index in [1.54, 1.807) is 30.3 Å². The van der Waals surface area contributed by atoms with Gasteiger partial charge in [0.1, 0.15) is 4.60 Å². The van der Waals surface area contributed by atoms with Gasteiger partial charge in [-0.1, -0.05) is 12.1 Å². The quantitative estimate of drug-likeness (QED) is 0.413. The highest BCUT2D eigenvalue weighted by molar-refractivity contribution is 9.10. The Morgan fingerprint density at radius 2 is 1.97 bits per heavy atom. The summed E-state index contributed by atoms with van der Waals surface area (Å²) in [6, 6.07) is 11.4. The lowest BCUT2D eigenvalue weighted by molar-refractivity contribution is -0.137. The van der Waals surface area contributed by atoms with Crippen molar-refractivity contribution in [3.8, 4) is 11.3 Å². The minimum atomic E-state index is -4.45. The number of hydrogen-bond donors (Lipinski definition) is 2. The molecule has 6 nitrogen and oxygen atoms in total. The smallest absolute Gasteiger partial charge is 0.382 e. The van der Waals surface area contributed by atoms with E-state index >= 15 is 0 Å².